The van der Waals surface area contributed by atoms with Gasteiger partial charge in [0.25, 0.3) is 0 Å². The maximum absolute atomic E-state index is 13.9. The van der Waals surface area contributed by atoms with Crippen LogP contribution in [0, 0.1) is 17.1 Å². The van der Waals surface area contributed by atoms with Crippen molar-refractivity contribution in [2.45, 2.75) is 19.3 Å². The topological polar surface area (TPSA) is 69.0 Å². The molecule has 0 bridgehead atoms. The van der Waals surface area contributed by atoms with E-state index in [0.717, 1.165) is 5.57 Å². The maximum atomic E-state index is 13.9. The molecule has 7 heteroatoms. The molecule has 1 N–H and O–H groups in total. The lowest BCUT2D eigenvalue weighted by Gasteiger charge is -2.28. The molecule has 27 heavy (non-hydrogen) atoms. The minimum atomic E-state index is -0.346. The first-order valence-electron chi connectivity index (χ1n) is 8.57. The molecule has 1 saturated heterocycles. The van der Waals surface area contributed by atoms with Crippen molar-refractivity contribution in [2.24, 2.45) is 0 Å². The Labute approximate surface area is 162 Å². The lowest BCUT2D eigenvalue weighted by molar-refractivity contribution is 0.208. The minimum Gasteiger partial charge on any atom is -0.324 e. The number of carbonyl (C=O) groups excluding carboxylic acids is 1. The number of urea groups is 1. The summed E-state index contributed by atoms with van der Waals surface area (Å²) in [7, 11) is 0. The van der Waals surface area contributed by atoms with Gasteiger partial charge in [-0.2, -0.15) is 5.26 Å². The van der Waals surface area contributed by atoms with Crippen molar-refractivity contribution in [3.8, 4) is 6.07 Å². The highest BCUT2D eigenvalue weighted by molar-refractivity contribution is 6.30. The van der Waals surface area contributed by atoms with Crippen LogP contribution in [0.1, 0.15) is 24.1 Å². The van der Waals surface area contributed by atoms with Crippen molar-refractivity contribution in [1.29, 1.82) is 5.26 Å². The van der Waals surface area contributed by atoms with Gasteiger partial charge in [-0.1, -0.05) is 29.3 Å². The molecule has 2 heterocycles. The zero-order chi connectivity index (χ0) is 19.2. The number of benzene rings is 1. The molecule has 1 aromatic heterocycles. The van der Waals surface area contributed by atoms with E-state index in [9.17, 15) is 9.18 Å². The molecule has 0 aliphatic carbocycles. The van der Waals surface area contributed by atoms with Gasteiger partial charge in [0.1, 0.15) is 5.82 Å². The molecule has 0 spiro atoms. The van der Waals surface area contributed by atoms with E-state index in [1.165, 1.54) is 6.07 Å². The summed E-state index contributed by atoms with van der Waals surface area (Å²) in [5.74, 6) is -0.346. The zero-order valence-electron chi connectivity index (χ0n) is 14.6. The van der Waals surface area contributed by atoms with Crippen LogP contribution < -0.4 is 5.32 Å². The van der Waals surface area contributed by atoms with Crippen molar-refractivity contribution >= 4 is 29.4 Å². The Morgan fingerprint density at radius 3 is 2.81 bits per heavy atom. The van der Waals surface area contributed by atoms with Gasteiger partial charge in [0, 0.05) is 35.6 Å². The number of amides is 2. The average molecular weight is 385 g/mol. The molecule has 0 saturated carbocycles. The minimum absolute atomic E-state index is 0.194. The summed E-state index contributed by atoms with van der Waals surface area (Å²) in [6.45, 7) is 1.12. The van der Waals surface area contributed by atoms with Crippen molar-refractivity contribution in [3.63, 3.8) is 0 Å². The lowest BCUT2D eigenvalue weighted by atomic mass is 10.0. The Kier molecular flexibility index (Phi) is 6.05. The molecule has 1 aliphatic heterocycles. The summed E-state index contributed by atoms with van der Waals surface area (Å²) in [4.78, 5) is 18.2. The van der Waals surface area contributed by atoms with Crippen LogP contribution in [0.25, 0.3) is 6.08 Å². The van der Waals surface area contributed by atoms with Crippen LogP contribution in [0.15, 0.2) is 42.1 Å². The predicted octanol–water partition coefficient (Wildman–Crippen LogP) is 4.65. The Bertz CT molecular complexity index is 912. The number of nitrogens with one attached hydrogen (secondary N) is 1. The average Bonchev–Trinajstić information content (AvgIpc) is 2.65. The number of aromatic nitrogens is 1. The number of hydrogen-bond acceptors (Lipinski definition) is 3. The van der Waals surface area contributed by atoms with Gasteiger partial charge < -0.3 is 10.2 Å². The predicted molar refractivity (Wildman–Crippen MR) is 103 cm³/mol. The van der Waals surface area contributed by atoms with Crippen molar-refractivity contribution < 1.29 is 9.18 Å². The van der Waals surface area contributed by atoms with Gasteiger partial charge in [-0.25, -0.2) is 9.18 Å². The standard InChI is InChI=1S/C20H18ClFN4O/c21-16-2-1-15(19(22)12-16)11-14-5-9-26(10-6-14)20(27)25-18-4-8-24-17(13-18)3-7-23/h1-2,4,8,11-13H,3,5-6,9-10H2,(H,24,25,27). The van der Waals surface area contributed by atoms with Gasteiger partial charge in [0.05, 0.1) is 18.2 Å². The number of piperidine rings is 1. The monoisotopic (exact) mass is 384 g/mol. The number of nitrogens with zero attached hydrogens (tertiary/aromatic N) is 3. The van der Waals surface area contributed by atoms with Crippen molar-refractivity contribution in [2.75, 3.05) is 18.4 Å². The fraction of sp³-hybridized carbons (Fsp3) is 0.250. The van der Waals surface area contributed by atoms with E-state index < -0.39 is 0 Å². The van der Waals surface area contributed by atoms with E-state index >= 15 is 0 Å². The van der Waals surface area contributed by atoms with Gasteiger partial charge >= 0.3 is 6.03 Å². The zero-order valence-corrected chi connectivity index (χ0v) is 15.3. The quantitative estimate of drug-likeness (QED) is 0.837. The number of pyridine rings is 1. The molecular formula is C20H18ClFN4O. The molecule has 0 radical (unpaired) electrons. The third-order valence-electron chi connectivity index (χ3n) is 4.34. The van der Waals surface area contributed by atoms with Gasteiger partial charge in [-0.15, -0.1) is 0 Å². The summed E-state index contributed by atoms with van der Waals surface area (Å²) in [5, 5.41) is 11.9. The van der Waals surface area contributed by atoms with E-state index in [-0.39, 0.29) is 18.3 Å². The first-order valence-corrected chi connectivity index (χ1v) is 8.95. The van der Waals surface area contributed by atoms with E-state index in [1.807, 2.05) is 12.1 Å². The first-order chi connectivity index (χ1) is 13.0. The molecule has 138 valence electrons. The highest BCUT2D eigenvalue weighted by Gasteiger charge is 2.19. The van der Waals surface area contributed by atoms with E-state index in [1.54, 1.807) is 35.4 Å². The van der Waals surface area contributed by atoms with E-state index in [2.05, 4.69) is 10.3 Å². The molecule has 2 amide bonds. The van der Waals surface area contributed by atoms with E-state index in [4.69, 9.17) is 16.9 Å². The number of carbonyl (C=O) groups is 1. The maximum Gasteiger partial charge on any atom is 0.321 e. The van der Waals surface area contributed by atoms with Crippen molar-refractivity contribution in [3.05, 3.63) is 64.2 Å². The third-order valence-corrected chi connectivity index (χ3v) is 4.58. The molecule has 2 aromatic rings. The summed E-state index contributed by atoms with van der Waals surface area (Å²) >= 11 is 5.78. The third kappa shape index (κ3) is 5.05. The summed E-state index contributed by atoms with van der Waals surface area (Å²) < 4.78 is 13.9. The number of halogens is 2. The van der Waals surface area contributed by atoms with Crippen LogP contribution in [0.2, 0.25) is 5.02 Å². The van der Waals surface area contributed by atoms with E-state index in [0.29, 0.717) is 47.9 Å². The molecule has 1 aromatic carbocycles. The molecule has 3 rings (SSSR count). The van der Waals surface area contributed by atoms with Crippen LogP contribution in [0.4, 0.5) is 14.9 Å². The smallest absolute Gasteiger partial charge is 0.321 e. The van der Waals surface area contributed by atoms with Gasteiger partial charge in [0.15, 0.2) is 0 Å². The molecule has 0 unspecified atom stereocenters. The van der Waals surface area contributed by atoms with Crippen LogP contribution in [0.3, 0.4) is 0 Å². The summed E-state index contributed by atoms with van der Waals surface area (Å²) in [5.41, 5.74) is 2.84. The second-order valence-electron chi connectivity index (χ2n) is 6.26. The second kappa shape index (κ2) is 8.65. The Morgan fingerprint density at radius 1 is 1.33 bits per heavy atom. The SMILES string of the molecule is N#CCc1cc(NC(=O)N2CCC(=Cc3ccc(Cl)cc3F)CC2)ccn1. The number of rotatable bonds is 3. The molecule has 1 aliphatic rings. The molecule has 1 fully saturated rings. The van der Waals surface area contributed by atoms with Crippen LogP contribution in [0.5, 0.6) is 0 Å². The molecule has 5 nitrogen and oxygen atoms in total. The largest absolute Gasteiger partial charge is 0.324 e. The number of likely N-dealkylation sites (tertiary alicyclic amines) is 1. The highest BCUT2D eigenvalue weighted by Crippen LogP contribution is 2.23. The first kappa shape index (κ1) is 18.9. The number of anilines is 1. The van der Waals surface area contributed by atoms with Gasteiger partial charge in [-0.05, 0) is 37.1 Å². The summed E-state index contributed by atoms with van der Waals surface area (Å²) in [6, 6.07) is 9.84. The van der Waals surface area contributed by atoms with Gasteiger partial charge in [-0.3, -0.25) is 4.98 Å². The Balaban J connectivity index is 1.58. The number of hydrogen-bond donors (Lipinski definition) is 1. The Hall–Kier alpha value is -2.91. The van der Waals surface area contributed by atoms with Crippen molar-refractivity contribution in [1.82, 2.24) is 9.88 Å². The molecular weight excluding hydrogens is 367 g/mol. The fourth-order valence-electron chi connectivity index (χ4n) is 2.92. The van der Waals surface area contributed by atoms with Gasteiger partial charge in [0.2, 0.25) is 0 Å². The fourth-order valence-corrected chi connectivity index (χ4v) is 3.07. The van der Waals surface area contributed by atoms with Crippen LogP contribution in [-0.2, 0) is 6.42 Å². The second-order valence-corrected chi connectivity index (χ2v) is 6.69. The summed E-state index contributed by atoms with van der Waals surface area (Å²) in [6.07, 6.45) is 4.97. The highest BCUT2D eigenvalue weighted by atomic mass is 35.5. The van der Waals surface area contributed by atoms with Crippen LogP contribution in [-0.4, -0.2) is 29.0 Å². The Morgan fingerprint density at radius 2 is 2.11 bits per heavy atom. The van der Waals surface area contributed by atoms with Crippen LogP contribution >= 0.6 is 11.6 Å². The normalized spacial score (nSPS) is 13.8. The lowest BCUT2D eigenvalue weighted by Crippen LogP contribution is -2.39. The number of nitriles is 1. The molecule has 0 atom stereocenters.